The molecule has 0 saturated heterocycles. The normalized spacial score (nSPS) is 45.7. The molecule has 1 aromatic rings. The number of fused-ring (bicyclic) bond motifs is 7. The Morgan fingerprint density at radius 3 is 2.27 bits per heavy atom. The number of rotatable bonds is 3. The van der Waals surface area contributed by atoms with E-state index in [1.165, 1.54) is 24.8 Å². The van der Waals surface area contributed by atoms with Gasteiger partial charge in [-0.3, -0.25) is 9.59 Å². The third-order valence-electron chi connectivity index (χ3n) is 14.4. The van der Waals surface area contributed by atoms with Crippen LogP contribution in [0.5, 0.6) is 0 Å². The highest BCUT2D eigenvalue weighted by atomic mass is 16.5. The van der Waals surface area contributed by atoms with Gasteiger partial charge in [0.1, 0.15) is 0 Å². The van der Waals surface area contributed by atoms with Crippen LogP contribution in [0.4, 0.5) is 0 Å². The van der Waals surface area contributed by atoms with Crippen LogP contribution in [-0.2, 0) is 14.3 Å². The number of ether oxygens (including phenoxy) is 1. The van der Waals surface area contributed by atoms with Crippen LogP contribution in [0.2, 0.25) is 0 Å². The Bertz CT molecular complexity index is 1290. The highest BCUT2D eigenvalue weighted by Gasteiger charge is 2.72. The number of carbonyl (C=O) groups excluding carboxylic acids is 2. The van der Waals surface area contributed by atoms with E-state index in [-0.39, 0.29) is 33.0 Å². The van der Waals surface area contributed by atoms with Crippen molar-refractivity contribution >= 4 is 17.8 Å². The van der Waals surface area contributed by atoms with Crippen molar-refractivity contribution in [2.24, 2.45) is 56.7 Å². The van der Waals surface area contributed by atoms with E-state index in [1.807, 2.05) is 6.07 Å². The molecule has 5 saturated carbocycles. The van der Waals surface area contributed by atoms with Gasteiger partial charge in [0.15, 0.2) is 5.78 Å². The van der Waals surface area contributed by atoms with Gasteiger partial charge in [-0.25, -0.2) is 0 Å². The van der Waals surface area contributed by atoms with E-state index in [0.29, 0.717) is 35.4 Å². The highest BCUT2D eigenvalue weighted by Crippen LogP contribution is 2.77. The van der Waals surface area contributed by atoms with Crippen LogP contribution in [0, 0.1) is 56.7 Å². The standard InChI is InChI=1S/C38H52O3/c1-24(2)27-16-19-38(33(40)41-8)21-20-36(6)28(31(27)38)14-15-30-35(5)23-26(22-25-12-10-9-11-13-25)32(39)34(3,4)29(35)17-18-37(30,36)7/h9-13,22,27-31H,1,14-21,23H2,2-8H3/b26-22-/t27-,28-,29-,30-,31-,35-,36-,37-,38+/m0/s1. The molecule has 0 N–H and O–H groups in total. The molecular formula is C38H52O3. The third kappa shape index (κ3) is 3.75. The molecule has 0 spiro atoms. The van der Waals surface area contributed by atoms with Crippen molar-refractivity contribution < 1.29 is 14.3 Å². The number of carbonyl (C=O) groups is 2. The van der Waals surface area contributed by atoms with Crippen molar-refractivity contribution in [3.05, 3.63) is 53.6 Å². The Morgan fingerprint density at radius 1 is 0.902 bits per heavy atom. The van der Waals surface area contributed by atoms with Crippen LogP contribution >= 0.6 is 0 Å². The summed E-state index contributed by atoms with van der Waals surface area (Å²) in [7, 11) is 1.59. The fourth-order valence-corrected chi connectivity index (χ4v) is 12.4. The van der Waals surface area contributed by atoms with Crippen molar-refractivity contribution in [1.29, 1.82) is 0 Å². The fourth-order valence-electron chi connectivity index (χ4n) is 12.4. The summed E-state index contributed by atoms with van der Waals surface area (Å²) in [6.45, 7) is 18.9. The molecule has 3 nitrogen and oxygen atoms in total. The van der Waals surface area contributed by atoms with Gasteiger partial charge in [-0.05, 0) is 128 Å². The van der Waals surface area contributed by atoms with E-state index < -0.39 is 0 Å². The van der Waals surface area contributed by atoms with Crippen molar-refractivity contribution in [2.45, 2.75) is 99.3 Å². The molecule has 41 heavy (non-hydrogen) atoms. The molecule has 1 aromatic carbocycles. The van der Waals surface area contributed by atoms with E-state index in [4.69, 9.17) is 4.74 Å². The first-order valence-corrected chi connectivity index (χ1v) is 16.3. The van der Waals surface area contributed by atoms with Crippen molar-refractivity contribution in [3.63, 3.8) is 0 Å². The summed E-state index contributed by atoms with van der Waals surface area (Å²) in [5.74, 6) is 2.55. The monoisotopic (exact) mass is 556 g/mol. The smallest absolute Gasteiger partial charge is 0.312 e. The predicted molar refractivity (Wildman–Crippen MR) is 166 cm³/mol. The number of Topliss-reactive ketones (excluding diaryl/α,β-unsaturated/α-hetero) is 1. The Morgan fingerprint density at radius 2 is 1.61 bits per heavy atom. The second-order valence-corrected chi connectivity index (χ2v) is 16.1. The van der Waals surface area contributed by atoms with Gasteiger partial charge in [0, 0.05) is 5.41 Å². The summed E-state index contributed by atoms with van der Waals surface area (Å²) in [6, 6.07) is 10.4. The first-order valence-electron chi connectivity index (χ1n) is 16.3. The van der Waals surface area contributed by atoms with Crippen molar-refractivity contribution in [1.82, 2.24) is 0 Å². The first-order chi connectivity index (χ1) is 19.3. The summed E-state index contributed by atoms with van der Waals surface area (Å²) >= 11 is 0. The molecule has 5 fully saturated rings. The van der Waals surface area contributed by atoms with Crippen LogP contribution in [-0.4, -0.2) is 18.9 Å². The Balaban J connectivity index is 1.42. The minimum atomic E-state index is -0.365. The maximum Gasteiger partial charge on any atom is 0.312 e. The maximum atomic E-state index is 14.0. The van der Waals surface area contributed by atoms with Crippen molar-refractivity contribution in [3.8, 4) is 0 Å². The molecule has 3 heteroatoms. The van der Waals surface area contributed by atoms with E-state index >= 15 is 0 Å². The largest absolute Gasteiger partial charge is 0.469 e. The summed E-state index contributed by atoms with van der Waals surface area (Å²) in [5.41, 5.74) is 3.06. The number of hydrogen-bond donors (Lipinski definition) is 0. The predicted octanol–water partition coefficient (Wildman–Crippen LogP) is 9.08. The Hall–Kier alpha value is -2.16. The summed E-state index contributed by atoms with van der Waals surface area (Å²) in [6.07, 6.45) is 11.7. The SMILES string of the molecule is C=C(C)[C@@H]1CC[C@@]2(C(=O)OC)CC[C@@]3(C)[C@@H](CC[C@H]4[C@@]5(C)C/C(=C/c6ccccc6)C(=O)C(C)(C)[C@@H]5CC[C@@]43C)[C@H]12. The Kier molecular flexibility index (Phi) is 6.65. The average Bonchev–Trinajstić information content (AvgIpc) is 3.33. The molecule has 0 radical (unpaired) electrons. The molecule has 0 unspecified atom stereocenters. The third-order valence-corrected chi connectivity index (χ3v) is 14.4. The lowest BCUT2D eigenvalue weighted by molar-refractivity contribution is -0.232. The number of esters is 1. The molecule has 222 valence electrons. The lowest BCUT2D eigenvalue weighted by Gasteiger charge is -2.72. The lowest BCUT2D eigenvalue weighted by atomic mass is 9.32. The van der Waals surface area contributed by atoms with Gasteiger partial charge in [0.2, 0.25) is 0 Å². The first kappa shape index (κ1) is 28.9. The second-order valence-electron chi connectivity index (χ2n) is 16.1. The Labute approximate surface area is 248 Å². The maximum absolute atomic E-state index is 14.0. The lowest BCUT2D eigenvalue weighted by Crippen LogP contribution is -2.67. The van der Waals surface area contributed by atoms with Gasteiger partial charge in [0.25, 0.3) is 0 Å². The molecule has 0 aliphatic heterocycles. The molecule has 0 aromatic heterocycles. The van der Waals surface area contributed by atoms with Crippen LogP contribution in [0.1, 0.15) is 105 Å². The number of allylic oxidation sites excluding steroid dienone is 2. The molecule has 0 bridgehead atoms. The van der Waals surface area contributed by atoms with E-state index in [9.17, 15) is 9.59 Å². The number of benzene rings is 1. The summed E-state index contributed by atoms with van der Waals surface area (Å²) in [5, 5.41) is 0. The van der Waals surface area contributed by atoms with Gasteiger partial charge < -0.3 is 4.74 Å². The molecule has 9 atom stereocenters. The molecule has 0 heterocycles. The van der Waals surface area contributed by atoms with Crippen LogP contribution in [0.15, 0.2) is 48.1 Å². The average molecular weight is 557 g/mol. The topological polar surface area (TPSA) is 43.4 Å². The highest BCUT2D eigenvalue weighted by molar-refractivity contribution is 6.04. The molecule has 0 amide bonds. The second kappa shape index (κ2) is 9.42. The minimum Gasteiger partial charge on any atom is -0.469 e. The molecule has 5 aliphatic rings. The minimum absolute atomic E-state index is 0.0273. The fraction of sp³-hybridized carbons (Fsp3) is 0.684. The molecule has 6 rings (SSSR count). The number of ketones is 1. The van der Waals surface area contributed by atoms with Crippen LogP contribution < -0.4 is 0 Å². The molecular weight excluding hydrogens is 504 g/mol. The van der Waals surface area contributed by atoms with Crippen LogP contribution in [0.25, 0.3) is 6.08 Å². The zero-order valence-corrected chi connectivity index (χ0v) is 26.6. The van der Waals surface area contributed by atoms with Gasteiger partial charge in [-0.2, -0.15) is 0 Å². The van der Waals surface area contributed by atoms with E-state index in [2.05, 4.69) is 78.5 Å². The van der Waals surface area contributed by atoms with Crippen molar-refractivity contribution in [2.75, 3.05) is 7.11 Å². The number of methoxy groups -OCH3 is 1. The number of hydrogen-bond acceptors (Lipinski definition) is 3. The summed E-state index contributed by atoms with van der Waals surface area (Å²) < 4.78 is 5.54. The quantitative estimate of drug-likeness (QED) is 0.212. The van der Waals surface area contributed by atoms with Gasteiger partial charge >= 0.3 is 5.97 Å². The van der Waals surface area contributed by atoms with Gasteiger partial charge in [-0.1, -0.05) is 77.1 Å². The zero-order valence-electron chi connectivity index (χ0n) is 26.6. The molecule has 5 aliphatic carbocycles. The summed E-state index contributed by atoms with van der Waals surface area (Å²) in [4.78, 5) is 27.5. The van der Waals surface area contributed by atoms with Gasteiger partial charge in [-0.15, -0.1) is 0 Å². The van der Waals surface area contributed by atoms with E-state index in [0.717, 1.165) is 49.7 Å². The van der Waals surface area contributed by atoms with Gasteiger partial charge in [0.05, 0.1) is 12.5 Å². The van der Waals surface area contributed by atoms with E-state index in [1.54, 1.807) is 7.11 Å². The van der Waals surface area contributed by atoms with Crippen LogP contribution in [0.3, 0.4) is 0 Å². The zero-order chi connectivity index (χ0) is 29.6.